The van der Waals surface area contributed by atoms with E-state index in [9.17, 15) is 24.6 Å². The van der Waals surface area contributed by atoms with Gasteiger partial charge in [-0.3, -0.25) is 10.1 Å². The summed E-state index contributed by atoms with van der Waals surface area (Å²) in [5.74, 6) is -0.797. The first-order valence-corrected chi connectivity index (χ1v) is 12.6. The van der Waals surface area contributed by atoms with Crippen LogP contribution in [0.2, 0.25) is 0 Å². The molecule has 4 heterocycles. The largest absolute Gasteiger partial charge is 0.445 e. The minimum atomic E-state index is -1.83. The Balaban J connectivity index is 1.70. The van der Waals surface area contributed by atoms with E-state index in [1.165, 1.54) is 10.6 Å². The van der Waals surface area contributed by atoms with Crippen molar-refractivity contribution >= 4 is 28.8 Å². The number of aliphatic hydroxyl groups is 2. The van der Waals surface area contributed by atoms with Crippen molar-refractivity contribution < 1.29 is 38.4 Å². The van der Waals surface area contributed by atoms with Crippen molar-refractivity contribution in [3.05, 3.63) is 56.6 Å². The van der Waals surface area contributed by atoms with Crippen molar-refractivity contribution in [1.82, 2.24) is 9.55 Å². The fraction of sp³-hybridized carbons (Fsp3) is 0.407. The molecule has 3 aromatic rings. The van der Waals surface area contributed by atoms with Crippen molar-refractivity contribution in [3.63, 3.8) is 0 Å². The average molecular weight is 557 g/mol. The zero-order valence-corrected chi connectivity index (χ0v) is 22.3. The van der Waals surface area contributed by atoms with E-state index < -0.39 is 41.1 Å². The Bertz CT molecular complexity index is 1630. The number of pyridine rings is 2. The number of nitrogens with zero attached hydrogens (tertiary/aromatic N) is 2. The van der Waals surface area contributed by atoms with Crippen LogP contribution in [0.3, 0.4) is 0 Å². The number of aliphatic hydroxyl groups excluding tert-OH is 1. The van der Waals surface area contributed by atoms with Crippen LogP contribution < -0.4 is 16.6 Å². The molecule has 0 saturated heterocycles. The Labute approximate surface area is 227 Å². The van der Waals surface area contributed by atoms with E-state index in [2.05, 4.69) is 10.3 Å². The fourth-order valence-electron chi connectivity index (χ4n) is 5.11. The number of anilines is 1. The molecule has 5 N–H and O–H groups in total. The van der Waals surface area contributed by atoms with E-state index in [0.29, 0.717) is 27.9 Å². The molecule has 0 fully saturated rings. The third kappa shape index (κ3) is 4.55. The van der Waals surface area contributed by atoms with Gasteiger partial charge >= 0.3 is 12.2 Å². The number of hydrogen-bond acceptors (Lipinski definition) is 9. The van der Waals surface area contributed by atoms with E-state index >= 15 is 4.39 Å². The molecule has 0 bridgehead atoms. The summed E-state index contributed by atoms with van der Waals surface area (Å²) in [7, 11) is 0. The van der Waals surface area contributed by atoms with Gasteiger partial charge in [-0.15, -0.1) is 0 Å². The van der Waals surface area contributed by atoms with Crippen molar-refractivity contribution in [2.75, 3.05) is 5.32 Å². The van der Waals surface area contributed by atoms with Gasteiger partial charge in [0.2, 0.25) is 0 Å². The van der Waals surface area contributed by atoms with Crippen LogP contribution in [0, 0.1) is 5.82 Å². The van der Waals surface area contributed by atoms with Crippen molar-refractivity contribution in [2.24, 2.45) is 5.73 Å². The first-order chi connectivity index (χ1) is 18.7. The molecule has 0 spiro atoms. The van der Waals surface area contributed by atoms with Gasteiger partial charge in [-0.05, 0) is 39.3 Å². The Kier molecular flexibility index (Phi) is 6.56. The van der Waals surface area contributed by atoms with Crippen LogP contribution in [0.4, 0.5) is 19.7 Å². The maximum atomic E-state index is 15.1. The van der Waals surface area contributed by atoms with Gasteiger partial charge in [0, 0.05) is 33.7 Å². The molecule has 40 heavy (non-hydrogen) atoms. The van der Waals surface area contributed by atoms with Gasteiger partial charge in [0.05, 0.1) is 35.7 Å². The molecule has 212 valence electrons. The first kappa shape index (κ1) is 27.5. The Morgan fingerprint density at radius 2 is 2.02 bits per heavy atom. The molecule has 0 saturated carbocycles. The Morgan fingerprint density at radius 1 is 1.30 bits per heavy atom. The molecule has 0 radical (unpaired) electrons. The van der Waals surface area contributed by atoms with Crippen LogP contribution in [-0.2, 0) is 39.6 Å². The van der Waals surface area contributed by atoms with E-state index in [4.69, 9.17) is 19.9 Å². The smallest absolute Gasteiger partial charge is 0.412 e. The van der Waals surface area contributed by atoms with E-state index in [0.717, 1.165) is 6.07 Å². The van der Waals surface area contributed by atoms with E-state index in [1.807, 2.05) is 0 Å². The summed E-state index contributed by atoms with van der Waals surface area (Å²) in [5, 5.41) is 24.3. The second-order valence-corrected chi connectivity index (χ2v) is 10.8. The van der Waals surface area contributed by atoms with Crippen LogP contribution in [0.1, 0.15) is 56.4 Å². The molecule has 1 unspecified atom stereocenters. The number of carbonyl (C=O) groups excluding carboxylic acids is 2. The predicted octanol–water partition coefficient (Wildman–Crippen LogP) is 2.95. The first-order valence-electron chi connectivity index (χ1n) is 12.6. The highest BCUT2D eigenvalue weighted by Gasteiger charge is 2.44. The Morgan fingerprint density at radius 3 is 2.67 bits per heavy atom. The van der Waals surface area contributed by atoms with Crippen LogP contribution in [0.25, 0.3) is 22.3 Å². The van der Waals surface area contributed by atoms with E-state index in [1.54, 1.807) is 33.8 Å². The second-order valence-electron chi connectivity index (χ2n) is 10.8. The van der Waals surface area contributed by atoms with Crippen molar-refractivity contribution in [1.29, 1.82) is 0 Å². The number of amides is 2. The van der Waals surface area contributed by atoms with Crippen LogP contribution >= 0.6 is 0 Å². The highest BCUT2D eigenvalue weighted by molar-refractivity contribution is 5.94. The van der Waals surface area contributed by atoms with Crippen LogP contribution in [-0.4, -0.2) is 43.8 Å². The maximum absolute atomic E-state index is 15.1. The number of rotatable bonds is 4. The topological polar surface area (TPSA) is 175 Å². The maximum Gasteiger partial charge on any atom is 0.412 e. The van der Waals surface area contributed by atoms with Gasteiger partial charge in [0.1, 0.15) is 23.6 Å². The minimum Gasteiger partial charge on any atom is -0.445 e. The summed E-state index contributed by atoms with van der Waals surface area (Å²) in [6.07, 6.45) is -3.39. The zero-order chi connectivity index (χ0) is 29.1. The monoisotopic (exact) mass is 556 g/mol. The molecule has 2 atom stereocenters. The fourth-order valence-corrected chi connectivity index (χ4v) is 5.11. The molecular formula is C27H29FN4O8. The molecule has 5 rings (SSSR count). The van der Waals surface area contributed by atoms with Gasteiger partial charge in [0.25, 0.3) is 5.56 Å². The van der Waals surface area contributed by atoms with Crippen LogP contribution in [0.15, 0.2) is 23.0 Å². The quantitative estimate of drug-likeness (QED) is 0.294. The van der Waals surface area contributed by atoms with Gasteiger partial charge < -0.3 is 34.7 Å². The number of aromatic nitrogens is 2. The molecule has 13 heteroatoms. The third-order valence-electron chi connectivity index (χ3n) is 7.05. The summed E-state index contributed by atoms with van der Waals surface area (Å²) in [4.78, 5) is 42.0. The van der Waals surface area contributed by atoms with Gasteiger partial charge in [-0.1, -0.05) is 6.92 Å². The zero-order valence-electron chi connectivity index (χ0n) is 22.3. The van der Waals surface area contributed by atoms with Crippen molar-refractivity contribution in [2.45, 2.75) is 71.4 Å². The third-order valence-corrected chi connectivity index (χ3v) is 7.05. The Hall–Kier alpha value is -4.07. The lowest BCUT2D eigenvalue weighted by molar-refractivity contribution is -0.236. The number of primary amides is 1. The van der Waals surface area contributed by atoms with Crippen LogP contribution in [0.5, 0.6) is 0 Å². The number of fused-ring (bicyclic) bond motifs is 5. The summed E-state index contributed by atoms with van der Waals surface area (Å²) in [5.41, 5.74) is 4.06. The number of benzene rings is 1. The normalized spacial score (nSPS) is 19.5. The van der Waals surface area contributed by atoms with Crippen molar-refractivity contribution in [3.8, 4) is 11.4 Å². The highest BCUT2D eigenvalue weighted by Crippen LogP contribution is 2.42. The summed E-state index contributed by atoms with van der Waals surface area (Å²) in [6.45, 7) is 6.15. The predicted molar refractivity (Wildman–Crippen MR) is 140 cm³/mol. The standard InChI is InChI=1S/C27H29FN4O8/c1-5-27(37)16-7-20-21-13(9-32(20)22(33)15(16)11-38-23(27)34)14(10-39-24(29)35)12-6-19(17(28)8-18(12)30-21)31-25(36)40-26(2,3)4/h6-8,23,34,37H,5,9-11H2,1-4H3,(H2,29,35)(H,31,36)/t23?,27-/m0/s1. The SMILES string of the molecule is CC[C@]1(O)c2cc3n(c(=O)c2COC1O)Cc1c-3nc2cc(F)c(NC(=O)OC(C)(C)C)cc2c1COC(N)=O. The average Bonchev–Trinajstić information content (AvgIpc) is 3.22. The number of ether oxygens (including phenoxy) is 3. The molecular weight excluding hydrogens is 527 g/mol. The summed E-state index contributed by atoms with van der Waals surface area (Å²) < 4.78 is 32.2. The lowest BCUT2D eigenvalue weighted by atomic mass is 9.85. The molecule has 2 amide bonds. The van der Waals surface area contributed by atoms with E-state index in [-0.39, 0.29) is 48.5 Å². The minimum absolute atomic E-state index is 0.0243. The molecule has 2 aromatic heterocycles. The molecule has 12 nitrogen and oxygen atoms in total. The number of hydrogen-bond donors (Lipinski definition) is 4. The molecule has 2 aliphatic rings. The van der Waals surface area contributed by atoms with Gasteiger partial charge in [0.15, 0.2) is 6.29 Å². The number of nitrogens with one attached hydrogen (secondary N) is 1. The lowest BCUT2D eigenvalue weighted by Crippen LogP contribution is -2.47. The van der Waals surface area contributed by atoms with Gasteiger partial charge in [-0.2, -0.15) is 0 Å². The van der Waals surface area contributed by atoms with Gasteiger partial charge in [-0.25, -0.2) is 19.0 Å². The molecule has 2 aliphatic heterocycles. The highest BCUT2D eigenvalue weighted by atomic mass is 19.1. The lowest BCUT2D eigenvalue weighted by Gasteiger charge is -2.37. The number of halogens is 1. The molecule has 1 aromatic carbocycles. The second kappa shape index (κ2) is 9.54. The summed E-state index contributed by atoms with van der Waals surface area (Å²) >= 11 is 0. The number of carbonyl (C=O) groups is 2. The molecule has 0 aliphatic carbocycles. The summed E-state index contributed by atoms with van der Waals surface area (Å²) in [6, 6.07) is 4.03. The number of nitrogens with two attached hydrogens (primary N) is 1.